The highest BCUT2D eigenvalue weighted by atomic mass is 35.5. The second kappa shape index (κ2) is 12.9. The van der Waals surface area contributed by atoms with E-state index in [1.54, 1.807) is 10.6 Å². The maximum absolute atomic E-state index is 14.4. The summed E-state index contributed by atoms with van der Waals surface area (Å²) in [5, 5.41) is 12.6. The lowest BCUT2D eigenvalue weighted by molar-refractivity contribution is 0.0969. The highest BCUT2D eigenvalue weighted by Gasteiger charge is 2.25. The van der Waals surface area contributed by atoms with Crippen LogP contribution in [-0.2, 0) is 19.3 Å². The van der Waals surface area contributed by atoms with Crippen LogP contribution in [0.5, 0.6) is 0 Å². The largest absolute Gasteiger partial charge is 0.396 e. The van der Waals surface area contributed by atoms with E-state index in [1.807, 2.05) is 35.7 Å². The van der Waals surface area contributed by atoms with Crippen molar-refractivity contribution in [2.24, 2.45) is 5.92 Å². The molecule has 5 nitrogen and oxygen atoms in total. The normalized spacial score (nSPS) is 11.4. The number of carbonyl (C=O) groups is 1. The van der Waals surface area contributed by atoms with Gasteiger partial charge in [-0.15, -0.1) is 11.3 Å². The Morgan fingerprint density at radius 2 is 1.74 bits per heavy atom. The van der Waals surface area contributed by atoms with E-state index in [2.05, 4.69) is 39.8 Å². The quantitative estimate of drug-likeness (QED) is 0.191. The number of nitrogens with zero attached hydrogens (tertiary/aromatic N) is 2. The van der Waals surface area contributed by atoms with E-state index < -0.39 is 0 Å². The van der Waals surface area contributed by atoms with Crippen LogP contribution in [0.1, 0.15) is 67.7 Å². The Labute approximate surface area is 239 Å². The zero-order chi connectivity index (χ0) is 28.1. The van der Waals surface area contributed by atoms with Crippen molar-refractivity contribution in [3.8, 4) is 27.5 Å². The number of aromatic nitrogens is 2. The van der Waals surface area contributed by atoms with Crippen molar-refractivity contribution in [1.82, 2.24) is 9.55 Å². The molecule has 39 heavy (non-hydrogen) atoms. The third-order valence-corrected chi connectivity index (χ3v) is 7.96. The Kier molecular flexibility index (Phi) is 9.54. The van der Waals surface area contributed by atoms with Crippen LogP contribution >= 0.6 is 22.9 Å². The maximum atomic E-state index is 14.4. The van der Waals surface area contributed by atoms with Gasteiger partial charge >= 0.3 is 0 Å². The molecule has 1 N–H and O–H groups in total. The molecule has 0 atom stereocenters. The van der Waals surface area contributed by atoms with E-state index in [1.165, 1.54) is 11.3 Å². The first-order chi connectivity index (χ1) is 18.8. The molecular formula is C32H35ClN2O3S. The Hall–Kier alpha value is -3.06. The molecule has 0 aliphatic carbocycles. The second-order valence-corrected chi connectivity index (χ2v) is 11.4. The van der Waals surface area contributed by atoms with Gasteiger partial charge in [-0.1, -0.05) is 69.6 Å². The molecule has 2 heterocycles. The van der Waals surface area contributed by atoms with E-state index in [0.29, 0.717) is 34.0 Å². The van der Waals surface area contributed by atoms with Crippen LogP contribution in [0.3, 0.4) is 0 Å². The number of pyridine rings is 1. The van der Waals surface area contributed by atoms with E-state index in [-0.39, 0.29) is 30.3 Å². The maximum Gasteiger partial charge on any atom is 0.265 e. The molecule has 0 saturated heterocycles. The summed E-state index contributed by atoms with van der Waals surface area (Å²) < 4.78 is 1.79. The summed E-state index contributed by atoms with van der Waals surface area (Å²) in [4.78, 5) is 32.9. The smallest absolute Gasteiger partial charge is 0.265 e. The number of para-hydroxylation sites is 1. The summed E-state index contributed by atoms with van der Waals surface area (Å²) in [6, 6.07) is 15.3. The molecule has 0 saturated carbocycles. The third kappa shape index (κ3) is 6.24. The molecule has 0 unspecified atom stereocenters. The number of aliphatic hydroxyl groups excluding tert-OH is 1. The fourth-order valence-electron chi connectivity index (χ4n) is 4.90. The predicted octanol–water partition coefficient (Wildman–Crippen LogP) is 7.56. The highest BCUT2D eigenvalue weighted by Crippen LogP contribution is 2.32. The van der Waals surface area contributed by atoms with Crippen molar-refractivity contribution in [3.05, 3.63) is 91.7 Å². The van der Waals surface area contributed by atoms with Gasteiger partial charge in [0.2, 0.25) is 0 Å². The highest BCUT2D eigenvalue weighted by molar-refractivity contribution is 7.13. The van der Waals surface area contributed by atoms with Crippen LogP contribution < -0.4 is 5.56 Å². The van der Waals surface area contributed by atoms with Gasteiger partial charge in [0, 0.05) is 40.3 Å². The average Bonchev–Trinajstić information content (AvgIpc) is 3.42. The van der Waals surface area contributed by atoms with Crippen molar-refractivity contribution in [3.63, 3.8) is 0 Å². The van der Waals surface area contributed by atoms with E-state index in [0.717, 1.165) is 46.6 Å². The molecule has 0 aliphatic rings. The number of ketones is 1. The monoisotopic (exact) mass is 562 g/mol. The van der Waals surface area contributed by atoms with E-state index >= 15 is 0 Å². The van der Waals surface area contributed by atoms with Crippen molar-refractivity contribution >= 4 is 28.7 Å². The van der Waals surface area contributed by atoms with Gasteiger partial charge in [-0.3, -0.25) is 14.2 Å². The third-order valence-electron chi connectivity index (χ3n) is 6.83. The van der Waals surface area contributed by atoms with Crippen molar-refractivity contribution < 1.29 is 9.90 Å². The molecule has 7 heteroatoms. The lowest BCUT2D eigenvalue weighted by atomic mass is 9.95. The van der Waals surface area contributed by atoms with Gasteiger partial charge in [0.05, 0.1) is 16.9 Å². The Balaban J connectivity index is 2.04. The number of Topliss-reactive ketones (excluding diaryl/α,β-unsaturated/α-hetero) is 1. The Morgan fingerprint density at radius 1 is 1.08 bits per heavy atom. The van der Waals surface area contributed by atoms with E-state index in [9.17, 15) is 14.7 Å². The topological polar surface area (TPSA) is 72.2 Å². The summed E-state index contributed by atoms with van der Waals surface area (Å²) in [6.07, 6.45) is 2.67. The van der Waals surface area contributed by atoms with Crippen LogP contribution in [0, 0.1) is 5.92 Å². The van der Waals surface area contributed by atoms with Gasteiger partial charge < -0.3 is 5.11 Å². The summed E-state index contributed by atoms with van der Waals surface area (Å²) >= 11 is 7.46. The van der Waals surface area contributed by atoms with Crippen molar-refractivity contribution in [2.45, 2.75) is 59.8 Å². The number of aryl methyl sites for hydroxylation is 2. The summed E-state index contributed by atoms with van der Waals surface area (Å²) in [5.41, 5.74) is 6.15. The molecule has 0 amide bonds. The van der Waals surface area contributed by atoms with Gasteiger partial charge in [-0.25, -0.2) is 4.98 Å². The number of carbonyl (C=O) groups excluding carboxylic acids is 1. The molecule has 4 aromatic rings. The number of aliphatic hydroxyl groups is 1. The first kappa shape index (κ1) is 28.9. The van der Waals surface area contributed by atoms with Gasteiger partial charge in [-0.2, -0.15) is 0 Å². The van der Waals surface area contributed by atoms with Crippen molar-refractivity contribution in [2.75, 3.05) is 6.61 Å². The summed E-state index contributed by atoms with van der Waals surface area (Å²) in [6.45, 7) is 8.30. The summed E-state index contributed by atoms with van der Waals surface area (Å²) in [5.74, 6) is 0.150. The number of hydrogen-bond donors (Lipinski definition) is 1. The van der Waals surface area contributed by atoms with Crippen LogP contribution in [0.4, 0.5) is 0 Å². The average molecular weight is 563 g/mol. The fraction of sp³-hybridized carbons (Fsp3) is 0.344. The van der Waals surface area contributed by atoms with Crippen LogP contribution in [0.25, 0.3) is 27.5 Å². The van der Waals surface area contributed by atoms with Gasteiger partial charge in [-0.05, 0) is 60.9 Å². The predicted molar refractivity (Wildman–Crippen MR) is 162 cm³/mol. The molecule has 204 valence electrons. The zero-order valence-electron chi connectivity index (χ0n) is 23.0. The number of hydrogen-bond acceptors (Lipinski definition) is 5. The van der Waals surface area contributed by atoms with Crippen molar-refractivity contribution in [1.29, 1.82) is 0 Å². The standard InChI is InChI=1S/C32H35ClN2O3S/c1-5-21-9-7-10-22(6-2)30(21)35-28(17-20(3)4)25(29(37)11-8-16-36)18-26(32(35)38)31-34-27(19-39-31)23-12-14-24(33)15-13-23/h7,9-10,12-15,18-20,36H,5-6,8,11,16-17H2,1-4H3. The molecule has 0 spiro atoms. The SMILES string of the molecule is CCc1cccc(CC)c1-n1c(CC(C)C)c(C(=O)CCCO)cc(-c2nc(-c3ccc(Cl)cc3)cs2)c1=O. The zero-order valence-corrected chi connectivity index (χ0v) is 24.5. The Morgan fingerprint density at radius 3 is 2.33 bits per heavy atom. The number of thiazole rings is 1. The number of rotatable bonds is 11. The minimum atomic E-state index is -0.169. The summed E-state index contributed by atoms with van der Waals surface area (Å²) in [7, 11) is 0. The number of benzene rings is 2. The second-order valence-electron chi connectivity index (χ2n) is 10.1. The first-order valence-electron chi connectivity index (χ1n) is 13.5. The lowest BCUT2D eigenvalue weighted by Gasteiger charge is -2.23. The molecule has 0 radical (unpaired) electrons. The van der Waals surface area contributed by atoms with Crippen LogP contribution in [-0.4, -0.2) is 27.0 Å². The van der Waals surface area contributed by atoms with Gasteiger partial charge in [0.1, 0.15) is 5.01 Å². The van der Waals surface area contributed by atoms with Gasteiger partial charge in [0.15, 0.2) is 5.78 Å². The molecule has 0 fully saturated rings. The molecule has 0 bridgehead atoms. The molecule has 2 aromatic carbocycles. The molecular weight excluding hydrogens is 528 g/mol. The van der Waals surface area contributed by atoms with Gasteiger partial charge in [0.25, 0.3) is 5.56 Å². The Bertz CT molecular complexity index is 1500. The van der Waals surface area contributed by atoms with E-state index in [4.69, 9.17) is 16.6 Å². The minimum absolute atomic E-state index is 0.0622. The minimum Gasteiger partial charge on any atom is -0.396 e. The molecule has 0 aliphatic heterocycles. The first-order valence-corrected chi connectivity index (χ1v) is 14.8. The molecule has 4 rings (SSSR count). The molecule has 2 aromatic heterocycles. The fourth-order valence-corrected chi connectivity index (χ4v) is 5.86. The van der Waals surface area contributed by atoms with Crippen LogP contribution in [0.15, 0.2) is 58.7 Å². The van der Waals surface area contributed by atoms with Crippen LogP contribution in [0.2, 0.25) is 5.02 Å². The lowest BCUT2D eigenvalue weighted by Crippen LogP contribution is -2.29. The number of halogens is 1.